The predicted octanol–water partition coefficient (Wildman–Crippen LogP) is 3.01. The Hall–Kier alpha value is -1.86. The van der Waals surface area contributed by atoms with Crippen LogP contribution in [-0.2, 0) is 11.2 Å². The third-order valence-corrected chi connectivity index (χ3v) is 6.12. The minimum atomic E-state index is -0.595. The molecule has 0 radical (unpaired) electrons. The minimum Gasteiger partial charge on any atom is -0.374 e. The maximum Gasteiger partial charge on any atom is 0.141 e. The highest BCUT2D eigenvalue weighted by molar-refractivity contribution is 5.17. The van der Waals surface area contributed by atoms with E-state index in [2.05, 4.69) is 21.7 Å². The number of hydrogen-bond acceptors (Lipinski definition) is 5. The number of piperidine rings is 1. The summed E-state index contributed by atoms with van der Waals surface area (Å²) in [7, 11) is 0. The van der Waals surface area contributed by atoms with Gasteiger partial charge in [-0.1, -0.05) is 30.3 Å². The second-order valence-electron chi connectivity index (χ2n) is 8.38. The molecule has 2 saturated heterocycles. The van der Waals surface area contributed by atoms with Crippen LogP contribution in [0.2, 0.25) is 0 Å². The average molecular weight is 400 g/mol. The van der Waals surface area contributed by atoms with Gasteiger partial charge in [0.05, 0.1) is 17.9 Å². The predicted molar refractivity (Wildman–Crippen MR) is 110 cm³/mol. The molecule has 29 heavy (non-hydrogen) atoms. The Labute approximate surface area is 172 Å². The average Bonchev–Trinajstić information content (AvgIpc) is 2.74. The van der Waals surface area contributed by atoms with Crippen LogP contribution in [0, 0.1) is 5.82 Å². The molecule has 0 saturated carbocycles. The van der Waals surface area contributed by atoms with Crippen molar-refractivity contribution >= 4 is 0 Å². The first kappa shape index (κ1) is 20.4. The largest absolute Gasteiger partial charge is 0.374 e. The molecule has 2 unspecified atom stereocenters. The summed E-state index contributed by atoms with van der Waals surface area (Å²) in [6.45, 7) is 6.42. The molecular weight excluding hydrogens is 369 g/mol. The zero-order valence-corrected chi connectivity index (χ0v) is 17.0. The highest BCUT2D eigenvalue weighted by atomic mass is 19.1. The van der Waals surface area contributed by atoms with Gasteiger partial charge < -0.3 is 14.7 Å². The molecule has 2 aliphatic rings. The Kier molecular flexibility index (Phi) is 6.25. The van der Waals surface area contributed by atoms with Crippen LogP contribution in [-0.4, -0.2) is 64.3 Å². The van der Waals surface area contributed by atoms with Crippen LogP contribution in [0.25, 0.3) is 0 Å². The van der Waals surface area contributed by atoms with Gasteiger partial charge in [-0.05, 0) is 37.5 Å². The van der Waals surface area contributed by atoms with Crippen molar-refractivity contribution in [1.29, 1.82) is 0 Å². The normalized spacial score (nSPS) is 23.9. The molecule has 1 N–H and O–H groups in total. The number of halogens is 1. The number of pyridine rings is 1. The molecule has 2 fully saturated rings. The van der Waals surface area contributed by atoms with E-state index in [1.165, 1.54) is 12.3 Å². The second-order valence-corrected chi connectivity index (χ2v) is 8.38. The molecule has 3 heterocycles. The van der Waals surface area contributed by atoms with Crippen LogP contribution in [0.15, 0.2) is 48.7 Å². The Bertz CT molecular complexity index is 778. The lowest BCUT2D eigenvalue weighted by molar-refractivity contribution is -0.196. The van der Waals surface area contributed by atoms with Gasteiger partial charge in [-0.3, -0.25) is 9.88 Å². The van der Waals surface area contributed by atoms with Gasteiger partial charge in [-0.15, -0.1) is 0 Å². The van der Waals surface area contributed by atoms with Gasteiger partial charge in [-0.25, -0.2) is 4.39 Å². The Morgan fingerprint density at radius 3 is 2.66 bits per heavy atom. The van der Waals surface area contributed by atoms with Crippen LogP contribution in [0.3, 0.4) is 0 Å². The summed E-state index contributed by atoms with van der Waals surface area (Å²) in [6, 6.07) is 13.1. The first-order chi connectivity index (χ1) is 14.0. The fourth-order valence-electron chi connectivity index (χ4n) is 4.58. The first-order valence-electron chi connectivity index (χ1n) is 10.5. The van der Waals surface area contributed by atoms with E-state index < -0.39 is 6.23 Å². The number of aliphatic hydroxyl groups excluding tert-OH is 1. The molecule has 1 spiro atoms. The van der Waals surface area contributed by atoms with Crippen molar-refractivity contribution in [3.05, 3.63) is 65.7 Å². The van der Waals surface area contributed by atoms with Gasteiger partial charge in [0.15, 0.2) is 0 Å². The second kappa shape index (κ2) is 8.88. The molecule has 1 aromatic heterocycles. The van der Waals surface area contributed by atoms with Crippen molar-refractivity contribution in [3.8, 4) is 0 Å². The van der Waals surface area contributed by atoms with Gasteiger partial charge in [0, 0.05) is 44.8 Å². The number of morpholine rings is 1. The molecular formula is C23H30FN3O2. The van der Waals surface area contributed by atoms with Crippen molar-refractivity contribution in [2.75, 3.05) is 32.7 Å². The summed E-state index contributed by atoms with van der Waals surface area (Å²) in [5.74, 6) is -0.292. The van der Waals surface area contributed by atoms with E-state index in [-0.39, 0.29) is 17.5 Å². The number of hydrogen-bond donors (Lipinski definition) is 1. The molecule has 1 aromatic carbocycles. The van der Waals surface area contributed by atoms with Crippen molar-refractivity contribution < 1.29 is 14.2 Å². The van der Waals surface area contributed by atoms with Crippen LogP contribution in [0.4, 0.5) is 4.39 Å². The Morgan fingerprint density at radius 1 is 1.21 bits per heavy atom. The number of nitrogens with zero attached hydrogens (tertiary/aromatic N) is 3. The summed E-state index contributed by atoms with van der Waals surface area (Å²) in [5, 5.41) is 10.9. The van der Waals surface area contributed by atoms with E-state index in [4.69, 9.17) is 4.74 Å². The standard InChI is InChI=1S/C23H30FN3O2/c1-18-16-27(22(28)19-5-3-2-4-6-19)17-23(29-18)10-13-26(14-11-23)12-9-21-8-7-20(24)15-25-21/h2-8,15,18,22,28H,9-14,16-17H2,1H3. The van der Waals surface area contributed by atoms with Crippen molar-refractivity contribution in [2.45, 2.75) is 44.1 Å². The Morgan fingerprint density at radius 2 is 1.97 bits per heavy atom. The summed E-state index contributed by atoms with van der Waals surface area (Å²) in [5.41, 5.74) is 1.66. The third-order valence-electron chi connectivity index (χ3n) is 6.12. The number of ether oxygens (including phenoxy) is 1. The van der Waals surface area contributed by atoms with Gasteiger partial charge in [0.1, 0.15) is 12.0 Å². The molecule has 2 atom stereocenters. The van der Waals surface area contributed by atoms with Crippen LogP contribution in [0.5, 0.6) is 0 Å². The molecule has 0 aliphatic carbocycles. The number of aromatic nitrogens is 1. The highest BCUT2D eigenvalue weighted by Crippen LogP contribution is 2.35. The Balaban J connectivity index is 1.33. The van der Waals surface area contributed by atoms with Gasteiger partial charge in [0.25, 0.3) is 0 Å². The van der Waals surface area contributed by atoms with Crippen LogP contribution < -0.4 is 0 Å². The smallest absolute Gasteiger partial charge is 0.141 e. The van der Waals surface area contributed by atoms with E-state index in [0.717, 1.165) is 63.2 Å². The summed E-state index contributed by atoms with van der Waals surface area (Å²) < 4.78 is 19.4. The van der Waals surface area contributed by atoms with Gasteiger partial charge in [-0.2, -0.15) is 0 Å². The van der Waals surface area contributed by atoms with E-state index in [1.807, 2.05) is 30.3 Å². The maximum absolute atomic E-state index is 13.0. The van der Waals surface area contributed by atoms with Gasteiger partial charge in [0.2, 0.25) is 0 Å². The number of aliphatic hydroxyl groups is 1. The molecule has 2 aliphatic heterocycles. The van der Waals surface area contributed by atoms with Crippen LogP contribution >= 0.6 is 0 Å². The monoisotopic (exact) mass is 399 g/mol. The topological polar surface area (TPSA) is 48.8 Å². The summed E-state index contributed by atoms with van der Waals surface area (Å²) >= 11 is 0. The van der Waals surface area contributed by atoms with Crippen molar-refractivity contribution in [2.24, 2.45) is 0 Å². The molecule has 4 rings (SSSR count). The first-order valence-corrected chi connectivity index (χ1v) is 10.5. The van der Waals surface area contributed by atoms with Crippen molar-refractivity contribution in [1.82, 2.24) is 14.8 Å². The van der Waals surface area contributed by atoms with Crippen molar-refractivity contribution in [3.63, 3.8) is 0 Å². The van der Waals surface area contributed by atoms with E-state index in [0.29, 0.717) is 0 Å². The molecule has 2 aromatic rings. The zero-order valence-electron chi connectivity index (χ0n) is 17.0. The third kappa shape index (κ3) is 5.01. The number of likely N-dealkylation sites (tertiary alicyclic amines) is 1. The zero-order chi connectivity index (χ0) is 20.3. The lowest BCUT2D eigenvalue weighted by Gasteiger charge is -2.50. The lowest BCUT2D eigenvalue weighted by atomic mass is 9.88. The lowest BCUT2D eigenvalue weighted by Crippen LogP contribution is -2.59. The maximum atomic E-state index is 13.0. The molecule has 5 nitrogen and oxygen atoms in total. The van der Waals surface area contributed by atoms with E-state index in [1.54, 1.807) is 6.07 Å². The fourth-order valence-corrected chi connectivity index (χ4v) is 4.58. The fraction of sp³-hybridized carbons (Fsp3) is 0.522. The number of benzene rings is 1. The summed E-state index contributed by atoms with van der Waals surface area (Å²) in [6.07, 6.45) is 3.51. The highest BCUT2D eigenvalue weighted by Gasteiger charge is 2.43. The van der Waals surface area contributed by atoms with Gasteiger partial charge >= 0.3 is 0 Å². The molecule has 0 bridgehead atoms. The molecule has 156 valence electrons. The van der Waals surface area contributed by atoms with E-state index >= 15 is 0 Å². The SMILES string of the molecule is CC1CN(C(O)c2ccccc2)CC2(CCN(CCc3ccc(F)cn3)CC2)O1. The van der Waals surface area contributed by atoms with E-state index in [9.17, 15) is 9.50 Å². The quantitative estimate of drug-likeness (QED) is 0.838. The molecule has 6 heteroatoms. The minimum absolute atomic E-state index is 0.0945. The van der Waals surface area contributed by atoms with Crippen LogP contribution in [0.1, 0.15) is 37.3 Å². The molecule has 0 amide bonds. The summed E-state index contributed by atoms with van der Waals surface area (Å²) in [4.78, 5) is 8.74. The number of rotatable bonds is 5.